The number of nitrogens with zero attached hydrogens (tertiary/aromatic N) is 1. The Balaban J connectivity index is 2.71. The molecule has 114 valence electrons. The van der Waals surface area contributed by atoms with Crippen LogP contribution in [-0.4, -0.2) is 32.3 Å². The van der Waals surface area contributed by atoms with Gasteiger partial charge in [-0.1, -0.05) is 31.5 Å². The number of benzene rings is 1. The quantitative estimate of drug-likeness (QED) is 0.792. The second kappa shape index (κ2) is 8.50. The van der Waals surface area contributed by atoms with Gasteiger partial charge in [0.05, 0.1) is 12.7 Å². The average Bonchev–Trinajstić information content (AvgIpc) is 2.36. The van der Waals surface area contributed by atoms with Crippen molar-refractivity contribution in [3.8, 4) is 0 Å². The Morgan fingerprint density at radius 2 is 1.95 bits per heavy atom. The maximum Gasteiger partial charge on any atom is 0.0644 e. The van der Waals surface area contributed by atoms with Crippen LogP contribution in [0.15, 0.2) is 18.2 Å². The number of nitrogens with one attached hydrogen (secondary N) is 1. The minimum absolute atomic E-state index is 0.268. The zero-order valence-electron chi connectivity index (χ0n) is 13.2. The van der Waals surface area contributed by atoms with E-state index in [1.54, 1.807) is 0 Å². The summed E-state index contributed by atoms with van der Waals surface area (Å²) in [7, 11) is 2.08. The summed E-state index contributed by atoms with van der Waals surface area (Å²) in [5.41, 5.74) is 2.42. The first-order valence-electron chi connectivity index (χ1n) is 7.24. The van der Waals surface area contributed by atoms with Crippen LogP contribution in [0.1, 0.15) is 33.3 Å². The molecule has 1 rings (SSSR count). The molecule has 0 unspecified atom stereocenters. The first kappa shape index (κ1) is 17.3. The van der Waals surface area contributed by atoms with Crippen molar-refractivity contribution >= 4 is 17.3 Å². The van der Waals surface area contributed by atoms with Crippen molar-refractivity contribution in [2.45, 2.75) is 46.4 Å². The summed E-state index contributed by atoms with van der Waals surface area (Å²) in [6.45, 7) is 10.8. The van der Waals surface area contributed by atoms with Crippen molar-refractivity contribution in [2.24, 2.45) is 0 Å². The van der Waals surface area contributed by atoms with Gasteiger partial charge in [0.15, 0.2) is 0 Å². The van der Waals surface area contributed by atoms with E-state index in [0.717, 1.165) is 30.4 Å². The van der Waals surface area contributed by atoms with Crippen LogP contribution in [0, 0.1) is 0 Å². The first-order chi connectivity index (χ1) is 9.40. The van der Waals surface area contributed by atoms with Crippen molar-refractivity contribution in [3.63, 3.8) is 0 Å². The molecule has 1 aromatic rings. The summed E-state index contributed by atoms with van der Waals surface area (Å²) in [5.74, 6) is 0. The molecule has 3 nitrogen and oxygen atoms in total. The van der Waals surface area contributed by atoms with E-state index in [1.807, 2.05) is 12.1 Å². The molecule has 0 aliphatic rings. The topological polar surface area (TPSA) is 24.5 Å². The fourth-order valence-electron chi connectivity index (χ4n) is 1.90. The van der Waals surface area contributed by atoms with Crippen molar-refractivity contribution in [2.75, 3.05) is 25.1 Å². The zero-order chi connectivity index (χ0) is 15.1. The van der Waals surface area contributed by atoms with Crippen LogP contribution in [0.3, 0.4) is 0 Å². The number of hydrogen-bond acceptors (Lipinski definition) is 3. The van der Waals surface area contributed by atoms with Crippen LogP contribution in [0.5, 0.6) is 0 Å². The van der Waals surface area contributed by atoms with Gasteiger partial charge in [-0.2, -0.15) is 0 Å². The lowest BCUT2D eigenvalue weighted by Crippen LogP contribution is -2.27. The Bertz CT molecular complexity index is 407. The molecule has 0 bridgehead atoms. The van der Waals surface area contributed by atoms with Crippen LogP contribution < -0.4 is 10.2 Å². The van der Waals surface area contributed by atoms with Crippen LogP contribution in [0.25, 0.3) is 0 Å². The van der Waals surface area contributed by atoms with Gasteiger partial charge in [-0.05, 0) is 31.5 Å². The third-order valence-corrected chi connectivity index (χ3v) is 3.27. The highest BCUT2D eigenvalue weighted by molar-refractivity contribution is 6.30. The molecule has 0 aliphatic carbocycles. The highest BCUT2D eigenvalue weighted by Gasteiger charge is 2.09. The molecule has 20 heavy (non-hydrogen) atoms. The molecule has 0 atom stereocenters. The Morgan fingerprint density at radius 3 is 2.55 bits per heavy atom. The fraction of sp³-hybridized carbons (Fsp3) is 0.625. The molecular formula is C16H27ClN2O. The SMILES string of the molecule is CC(C)NCc1ccc(Cl)cc1N(C)CCOC(C)C. The van der Waals surface area contributed by atoms with E-state index < -0.39 is 0 Å². The first-order valence-corrected chi connectivity index (χ1v) is 7.62. The van der Waals surface area contributed by atoms with E-state index in [2.05, 4.69) is 51.0 Å². The zero-order valence-corrected chi connectivity index (χ0v) is 14.0. The number of hydrogen-bond donors (Lipinski definition) is 1. The predicted octanol–water partition coefficient (Wildman–Crippen LogP) is 3.70. The maximum atomic E-state index is 6.13. The number of rotatable bonds is 8. The summed E-state index contributed by atoms with van der Waals surface area (Å²) >= 11 is 6.13. The molecule has 0 aromatic heterocycles. The van der Waals surface area contributed by atoms with Crippen molar-refractivity contribution in [1.29, 1.82) is 0 Å². The van der Waals surface area contributed by atoms with Crippen LogP contribution in [0.2, 0.25) is 5.02 Å². The summed E-state index contributed by atoms with van der Waals surface area (Å²) in [4.78, 5) is 2.20. The van der Waals surface area contributed by atoms with Crippen LogP contribution in [-0.2, 0) is 11.3 Å². The Morgan fingerprint density at radius 1 is 1.25 bits per heavy atom. The number of likely N-dealkylation sites (N-methyl/N-ethyl adjacent to an activating group) is 1. The minimum Gasteiger partial charge on any atom is -0.377 e. The molecule has 4 heteroatoms. The molecule has 1 N–H and O–H groups in total. The summed E-state index contributed by atoms with van der Waals surface area (Å²) in [5, 5.41) is 4.22. The summed E-state index contributed by atoms with van der Waals surface area (Å²) in [6.07, 6.45) is 0.268. The molecule has 1 aromatic carbocycles. The van der Waals surface area contributed by atoms with Crippen molar-refractivity contribution in [3.05, 3.63) is 28.8 Å². The lowest BCUT2D eigenvalue weighted by molar-refractivity contribution is 0.0846. The van der Waals surface area contributed by atoms with Gasteiger partial charge in [-0.15, -0.1) is 0 Å². The van der Waals surface area contributed by atoms with Crippen molar-refractivity contribution in [1.82, 2.24) is 5.32 Å². The van der Waals surface area contributed by atoms with Crippen LogP contribution in [0.4, 0.5) is 5.69 Å². The molecule has 0 heterocycles. The van der Waals surface area contributed by atoms with E-state index in [9.17, 15) is 0 Å². The predicted molar refractivity (Wildman–Crippen MR) is 87.8 cm³/mol. The Kier molecular flexibility index (Phi) is 7.35. The normalized spacial score (nSPS) is 11.4. The molecule has 0 spiro atoms. The van der Waals surface area contributed by atoms with Gasteiger partial charge in [0.2, 0.25) is 0 Å². The molecule has 0 saturated heterocycles. The van der Waals surface area contributed by atoms with Gasteiger partial charge >= 0.3 is 0 Å². The average molecular weight is 299 g/mol. The van der Waals surface area contributed by atoms with E-state index in [4.69, 9.17) is 16.3 Å². The highest BCUT2D eigenvalue weighted by atomic mass is 35.5. The van der Waals surface area contributed by atoms with Gasteiger partial charge < -0.3 is 15.0 Å². The largest absolute Gasteiger partial charge is 0.377 e. The molecular weight excluding hydrogens is 272 g/mol. The summed E-state index contributed by atoms with van der Waals surface area (Å²) in [6, 6.07) is 6.52. The molecule has 0 fully saturated rings. The Hall–Kier alpha value is -0.770. The molecule has 0 amide bonds. The number of halogens is 1. The van der Waals surface area contributed by atoms with E-state index in [1.165, 1.54) is 5.56 Å². The third kappa shape index (κ3) is 6.12. The second-order valence-electron chi connectivity index (χ2n) is 5.65. The second-order valence-corrected chi connectivity index (χ2v) is 6.09. The van der Waals surface area contributed by atoms with Crippen LogP contribution >= 0.6 is 11.6 Å². The minimum atomic E-state index is 0.268. The van der Waals surface area contributed by atoms with Gasteiger partial charge in [0.25, 0.3) is 0 Å². The Labute approximate surface area is 128 Å². The van der Waals surface area contributed by atoms with E-state index in [0.29, 0.717) is 6.04 Å². The van der Waals surface area contributed by atoms with Gasteiger partial charge in [0, 0.05) is 36.9 Å². The standard InChI is InChI=1S/C16H27ClN2O/c1-12(2)18-11-14-6-7-15(17)10-16(14)19(5)8-9-20-13(3)4/h6-7,10,12-13,18H,8-9,11H2,1-5H3. The molecule has 0 aliphatic heterocycles. The van der Waals surface area contributed by atoms with Crippen molar-refractivity contribution < 1.29 is 4.74 Å². The summed E-state index contributed by atoms with van der Waals surface area (Å²) < 4.78 is 5.61. The monoisotopic (exact) mass is 298 g/mol. The highest BCUT2D eigenvalue weighted by Crippen LogP contribution is 2.24. The maximum absolute atomic E-state index is 6.13. The third-order valence-electron chi connectivity index (χ3n) is 3.04. The lowest BCUT2D eigenvalue weighted by atomic mass is 10.1. The molecule has 0 saturated carbocycles. The fourth-order valence-corrected chi connectivity index (χ4v) is 2.07. The number of anilines is 1. The smallest absolute Gasteiger partial charge is 0.0644 e. The molecule has 0 radical (unpaired) electrons. The van der Waals surface area contributed by atoms with Gasteiger partial charge in [-0.25, -0.2) is 0 Å². The van der Waals surface area contributed by atoms with E-state index >= 15 is 0 Å². The number of ether oxygens (including phenoxy) is 1. The van der Waals surface area contributed by atoms with Gasteiger partial charge in [-0.3, -0.25) is 0 Å². The lowest BCUT2D eigenvalue weighted by Gasteiger charge is -2.24. The van der Waals surface area contributed by atoms with Gasteiger partial charge in [0.1, 0.15) is 0 Å². The van der Waals surface area contributed by atoms with E-state index in [-0.39, 0.29) is 6.10 Å².